The zero-order chi connectivity index (χ0) is 18.2. The topological polar surface area (TPSA) is 49.8 Å². The van der Waals surface area contributed by atoms with Crippen molar-refractivity contribution in [1.82, 2.24) is 0 Å². The molecule has 0 amide bonds. The Balaban J connectivity index is 3.00. The number of rotatable bonds is 11. The number of unbranched alkanes of at least 4 members (excludes halogenated alkanes) is 6. The molecule has 136 valence electrons. The quantitative estimate of drug-likeness (QED) is 0.344. The molecule has 1 atom stereocenters. The molecule has 0 aromatic carbocycles. The highest BCUT2D eigenvalue weighted by atomic mass is 28.3. The Bertz CT molecular complexity index is 503. The lowest BCUT2D eigenvalue weighted by Gasteiger charge is -2.24. The second-order valence-electron chi connectivity index (χ2n) is 8.30. The number of hydrogen-bond acceptors (Lipinski definition) is 2. The molecule has 0 heterocycles. The molecule has 0 aromatic heterocycles. The van der Waals surface area contributed by atoms with Crippen molar-refractivity contribution < 1.29 is 0 Å². The van der Waals surface area contributed by atoms with Crippen LogP contribution in [0.4, 0.5) is 0 Å². The normalized spacial score (nSPS) is 18.4. The summed E-state index contributed by atoms with van der Waals surface area (Å²) in [6, 6.07) is 2.47. The molecule has 1 unspecified atom stereocenters. The van der Waals surface area contributed by atoms with Gasteiger partial charge >= 0.3 is 0 Å². The number of nitriles is 1. The summed E-state index contributed by atoms with van der Waals surface area (Å²) in [5, 5.41) is 11.1. The molecule has 24 heavy (non-hydrogen) atoms. The maximum atomic E-state index is 9.72. The van der Waals surface area contributed by atoms with E-state index in [4.69, 9.17) is 5.73 Å². The summed E-state index contributed by atoms with van der Waals surface area (Å²) in [7, 11) is -1.53. The van der Waals surface area contributed by atoms with Gasteiger partial charge in [0.2, 0.25) is 0 Å². The molecular weight excluding hydrogens is 308 g/mol. The lowest BCUT2D eigenvalue weighted by atomic mass is 9.87. The molecule has 0 spiro atoms. The summed E-state index contributed by atoms with van der Waals surface area (Å²) in [6.45, 7) is 11.6. The molecule has 0 saturated carbocycles. The Morgan fingerprint density at radius 2 is 1.54 bits per heavy atom. The van der Waals surface area contributed by atoms with Crippen LogP contribution in [0.1, 0.15) is 78.1 Å². The maximum Gasteiger partial charge on any atom is 0.0975 e. The van der Waals surface area contributed by atoms with Crippen molar-refractivity contribution >= 4 is 8.07 Å². The van der Waals surface area contributed by atoms with Crippen LogP contribution in [0.3, 0.4) is 0 Å². The predicted octanol–water partition coefficient (Wildman–Crippen LogP) is 6.47. The summed E-state index contributed by atoms with van der Waals surface area (Å²) >= 11 is 0. The number of nitrogens with two attached hydrogens (primary N) is 1. The zero-order valence-corrected chi connectivity index (χ0v) is 17.7. The molecule has 0 radical (unpaired) electrons. The first-order valence-corrected chi connectivity index (χ1v) is 13.5. The van der Waals surface area contributed by atoms with Crippen LogP contribution < -0.4 is 5.73 Å². The standard InChI is InChI=1S/C21H38N2Si/c1-6-8-10-12-14-17-18(15-13-11-9-7-2)21(24(3,4)5)20(23)19(17)16-22/h17H,6-15,23H2,1-5H3. The van der Waals surface area contributed by atoms with Gasteiger partial charge in [0.1, 0.15) is 0 Å². The Labute approximate surface area is 151 Å². The lowest BCUT2D eigenvalue weighted by Crippen LogP contribution is -2.28. The number of allylic oxidation sites excluding steroid dienone is 3. The van der Waals surface area contributed by atoms with Crippen LogP contribution in [-0.4, -0.2) is 8.07 Å². The van der Waals surface area contributed by atoms with E-state index in [-0.39, 0.29) is 0 Å². The van der Waals surface area contributed by atoms with E-state index >= 15 is 0 Å². The molecule has 3 heteroatoms. The van der Waals surface area contributed by atoms with Crippen molar-refractivity contribution in [3.8, 4) is 6.07 Å². The molecule has 2 nitrogen and oxygen atoms in total. The smallest absolute Gasteiger partial charge is 0.0975 e. The third-order valence-corrected chi connectivity index (χ3v) is 7.26. The molecule has 1 aliphatic carbocycles. The van der Waals surface area contributed by atoms with Gasteiger partial charge in [-0.3, -0.25) is 0 Å². The molecule has 2 N–H and O–H groups in total. The second-order valence-corrected chi connectivity index (χ2v) is 13.3. The van der Waals surface area contributed by atoms with E-state index < -0.39 is 8.07 Å². The van der Waals surface area contributed by atoms with E-state index in [1.807, 2.05) is 0 Å². The van der Waals surface area contributed by atoms with Gasteiger partial charge in [-0.2, -0.15) is 5.26 Å². The maximum absolute atomic E-state index is 9.72. The van der Waals surface area contributed by atoms with E-state index in [2.05, 4.69) is 39.6 Å². The second kappa shape index (κ2) is 10.1. The highest BCUT2D eigenvalue weighted by Crippen LogP contribution is 2.44. The fraction of sp³-hybridized carbons (Fsp3) is 0.762. The minimum absolute atomic E-state index is 0.315. The number of nitrogens with zero attached hydrogens (tertiary/aromatic N) is 1. The van der Waals surface area contributed by atoms with Gasteiger partial charge in [-0.1, -0.05) is 84.0 Å². The van der Waals surface area contributed by atoms with E-state index in [0.29, 0.717) is 5.92 Å². The summed E-state index contributed by atoms with van der Waals surface area (Å²) in [4.78, 5) is 0. The molecule has 0 aromatic rings. The van der Waals surface area contributed by atoms with Gasteiger partial charge in [-0.15, -0.1) is 0 Å². The van der Waals surface area contributed by atoms with Crippen molar-refractivity contribution in [2.75, 3.05) is 0 Å². The van der Waals surface area contributed by atoms with Gasteiger partial charge in [0.15, 0.2) is 0 Å². The van der Waals surface area contributed by atoms with E-state index in [0.717, 1.165) is 24.1 Å². The third kappa shape index (κ3) is 5.52. The fourth-order valence-electron chi connectivity index (χ4n) is 4.00. The SMILES string of the molecule is CCCCCCC1=C([Si](C)(C)C)C(N)=C(C#N)C1CCCCCC. The Morgan fingerprint density at radius 3 is 2.04 bits per heavy atom. The van der Waals surface area contributed by atoms with E-state index in [1.54, 1.807) is 0 Å². The van der Waals surface area contributed by atoms with Gasteiger partial charge in [-0.25, -0.2) is 0 Å². The summed E-state index contributed by atoms with van der Waals surface area (Å²) in [5.74, 6) is 0.315. The monoisotopic (exact) mass is 346 g/mol. The van der Waals surface area contributed by atoms with Crippen LogP contribution in [0, 0.1) is 17.2 Å². The van der Waals surface area contributed by atoms with Crippen LogP contribution in [0.15, 0.2) is 22.0 Å². The Kier molecular flexibility index (Phi) is 8.84. The van der Waals surface area contributed by atoms with Crippen LogP contribution in [0.5, 0.6) is 0 Å². The molecule has 0 aliphatic heterocycles. The van der Waals surface area contributed by atoms with Crippen LogP contribution in [0.2, 0.25) is 19.6 Å². The van der Waals surface area contributed by atoms with Crippen molar-refractivity contribution in [3.05, 3.63) is 22.0 Å². The van der Waals surface area contributed by atoms with Gasteiger partial charge in [-0.05, 0) is 24.5 Å². The van der Waals surface area contributed by atoms with Gasteiger partial charge in [0.25, 0.3) is 0 Å². The van der Waals surface area contributed by atoms with Crippen LogP contribution in [0.25, 0.3) is 0 Å². The first-order chi connectivity index (χ1) is 11.4. The summed E-state index contributed by atoms with van der Waals surface area (Å²) in [6.07, 6.45) is 12.4. The Hall–Kier alpha value is -1.01. The van der Waals surface area contributed by atoms with Gasteiger partial charge in [0.05, 0.1) is 19.7 Å². The molecule has 1 rings (SSSR count). The fourth-order valence-corrected chi connectivity index (χ4v) is 6.21. The molecular formula is C21H38N2Si. The van der Waals surface area contributed by atoms with Gasteiger partial charge < -0.3 is 5.73 Å². The Morgan fingerprint density at radius 1 is 0.958 bits per heavy atom. The molecule has 0 saturated heterocycles. The van der Waals surface area contributed by atoms with E-state index in [1.165, 1.54) is 62.1 Å². The zero-order valence-electron chi connectivity index (χ0n) is 16.7. The number of hydrogen-bond donors (Lipinski definition) is 1. The summed E-state index contributed by atoms with van der Waals surface area (Å²) in [5.41, 5.74) is 9.77. The lowest BCUT2D eigenvalue weighted by molar-refractivity contribution is 0.547. The third-order valence-electron chi connectivity index (χ3n) is 5.17. The van der Waals surface area contributed by atoms with Crippen molar-refractivity contribution in [2.24, 2.45) is 11.7 Å². The first-order valence-electron chi connectivity index (χ1n) is 10.0. The molecule has 0 bridgehead atoms. The van der Waals surface area contributed by atoms with Crippen LogP contribution in [-0.2, 0) is 0 Å². The van der Waals surface area contributed by atoms with Crippen molar-refractivity contribution in [1.29, 1.82) is 5.26 Å². The van der Waals surface area contributed by atoms with Gasteiger partial charge in [0, 0.05) is 11.6 Å². The van der Waals surface area contributed by atoms with Crippen LogP contribution >= 0.6 is 0 Å². The average molecular weight is 347 g/mol. The van der Waals surface area contributed by atoms with Crippen molar-refractivity contribution in [2.45, 2.75) is 97.7 Å². The average Bonchev–Trinajstić information content (AvgIpc) is 2.79. The summed E-state index contributed by atoms with van der Waals surface area (Å²) < 4.78 is 0. The largest absolute Gasteiger partial charge is 0.398 e. The van der Waals surface area contributed by atoms with E-state index in [9.17, 15) is 5.26 Å². The minimum Gasteiger partial charge on any atom is -0.398 e. The highest BCUT2D eigenvalue weighted by molar-refractivity contribution is 6.84. The highest BCUT2D eigenvalue weighted by Gasteiger charge is 2.37. The van der Waals surface area contributed by atoms with Crippen molar-refractivity contribution in [3.63, 3.8) is 0 Å². The first kappa shape index (κ1) is 21.0. The predicted molar refractivity (Wildman–Crippen MR) is 108 cm³/mol. The minimum atomic E-state index is -1.53. The molecule has 0 fully saturated rings. The molecule has 1 aliphatic rings.